The van der Waals surface area contributed by atoms with Crippen LogP contribution in [-0.2, 0) is 12.0 Å². The van der Waals surface area contributed by atoms with Crippen LogP contribution in [0.1, 0.15) is 24.0 Å². The largest absolute Gasteiger partial charge is 0.393 e. The lowest BCUT2D eigenvalue weighted by Crippen LogP contribution is -2.30. The van der Waals surface area contributed by atoms with Gasteiger partial charge in [0.15, 0.2) is 0 Å². The molecule has 0 spiro atoms. The molecule has 0 unspecified atom stereocenters. The third-order valence-corrected chi connectivity index (χ3v) is 3.47. The van der Waals surface area contributed by atoms with Gasteiger partial charge >= 0.3 is 0 Å². The molecule has 0 aliphatic heterocycles. The molecule has 2 aromatic carbocycles. The van der Waals surface area contributed by atoms with E-state index in [0.29, 0.717) is 6.42 Å². The molecule has 100 valence electrons. The maximum atomic E-state index is 10.5. The molecule has 0 aromatic heterocycles. The molecule has 2 heteroatoms. The van der Waals surface area contributed by atoms with Crippen molar-refractivity contribution in [2.45, 2.75) is 24.9 Å². The Hall–Kier alpha value is -1.64. The molecule has 0 heterocycles. The van der Waals surface area contributed by atoms with Gasteiger partial charge in [0, 0.05) is 0 Å². The summed E-state index contributed by atoms with van der Waals surface area (Å²) in [5.74, 6) is 0. The molecule has 2 nitrogen and oxygen atoms in total. The molecular weight excluding hydrogens is 236 g/mol. The van der Waals surface area contributed by atoms with Crippen LogP contribution in [0.25, 0.3) is 0 Å². The predicted molar refractivity (Wildman–Crippen MR) is 76.8 cm³/mol. The molecule has 0 aliphatic carbocycles. The van der Waals surface area contributed by atoms with Gasteiger partial charge in [-0.05, 0) is 30.4 Å². The van der Waals surface area contributed by atoms with Gasteiger partial charge in [-0.3, -0.25) is 0 Å². The highest BCUT2D eigenvalue weighted by atomic mass is 16.3. The van der Waals surface area contributed by atoms with Crippen LogP contribution in [-0.4, -0.2) is 16.8 Å². The minimum absolute atomic E-state index is 0.244. The Labute approximate surface area is 114 Å². The summed E-state index contributed by atoms with van der Waals surface area (Å²) in [5, 5.41) is 20.0. The second kappa shape index (κ2) is 6.50. The van der Waals surface area contributed by atoms with Gasteiger partial charge in [-0.1, -0.05) is 60.7 Å². The molecular formula is C17H20O2. The van der Waals surface area contributed by atoms with Crippen LogP contribution in [0.4, 0.5) is 0 Å². The molecule has 2 N–H and O–H groups in total. The molecule has 0 radical (unpaired) electrons. The van der Waals surface area contributed by atoms with Gasteiger partial charge in [-0.2, -0.15) is 0 Å². The van der Waals surface area contributed by atoms with Gasteiger partial charge in [-0.15, -0.1) is 0 Å². The Morgan fingerprint density at radius 1 is 0.842 bits per heavy atom. The van der Waals surface area contributed by atoms with Crippen molar-refractivity contribution in [2.75, 3.05) is 6.61 Å². The second-order valence-electron chi connectivity index (χ2n) is 4.89. The van der Waals surface area contributed by atoms with Gasteiger partial charge in [0.1, 0.15) is 5.60 Å². The van der Waals surface area contributed by atoms with Crippen LogP contribution < -0.4 is 0 Å². The lowest BCUT2D eigenvalue weighted by molar-refractivity contribution is -0.0275. The standard InChI is InChI=1S/C17H20O2/c18-14-17(19,16-11-5-2-6-12-16)13-7-10-15-8-3-1-4-9-15/h1-6,8-9,11-12,18-19H,7,10,13-14H2/t17-/m0/s1. The van der Waals surface area contributed by atoms with Gasteiger partial charge in [0.25, 0.3) is 0 Å². The maximum absolute atomic E-state index is 10.5. The van der Waals surface area contributed by atoms with Crippen LogP contribution >= 0.6 is 0 Å². The van der Waals surface area contributed by atoms with E-state index >= 15 is 0 Å². The molecule has 1 atom stereocenters. The first-order chi connectivity index (χ1) is 9.24. The van der Waals surface area contributed by atoms with Gasteiger partial charge in [0.2, 0.25) is 0 Å². The molecule has 0 fully saturated rings. The third kappa shape index (κ3) is 3.66. The van der Waals surface area contributed by atoms with Crippen LogP contribution in [0.3, 0.4) is 0 Å². The lowest BCUT2D eigenvalue weighted by atomic mass is 9.88. The van der Waals surface area contributed by atoms with Gasteiger partial charge in [-0.25, -0.2) is 0 Å². The quantitative estimate of drug-likeness (QED) is 0.834. The Morgan fingerprint density at radius 2 is 1.42 bits per heavy atom. The monoisotopic (exact) mass is 256 g/mol. The SMILES string of the molecule is OC[C@@](O)(CCCc1ccccc1)c1ccccc1. The van der Waals surface area contributed by atoms with Crippen LogP contribution in [0.15, 0.2) is 60.7 Å². The molecule has 0 aliphatic rings. The fraction of sp³-hybridized carbons (Fsp3) is 0.294. The van der Waals surface area contributed by atoms with Crippen LogP contribution in [0.2, 0.25) is 0 Å². The first-order valence-electron chi connectivity index (χ1n) is 6.67. The Balaban J connectivity index is 1.96. The number of hydrogen-bond acceptors (Lipinski definition) is 2. The van der Waals surface area contributed by atoms with E-state index in [9.17, 15) is 10.2 Å². The maximum Gasteiger partial charge on any atom is 0.113 e. The van der Waals surface area contributed by atoms with E-state index in [1.807, 2.05) is 48.5 Å². The van der Waals surface area contributed by atoms with E-state index in [0.717, 1.165) is 18.4 Å². The Kier molecular flexibility index (Phi) is 4.72. The minimum Gasteiger partial charge on any atom is -0.393 e. The summed E-state index contributed by atoms with van der Waals surface area (Å²) in [6.07, 6.45) is 2.31. The summed E-state index contributed by atoms with van der Waals surface area (Å²) in [6, 6.07) is 19.6. The predicted octanol–water partition coefficient (Wildman–Crippen LogP) is 2.89. The van der Waals surface area contributed by atoms with Crippen molar-refractivity contribution in [3.63, 3.8) is 0 Å². The van der Waals surface area contributed by atoms with Crippen molar-refractivity contribution in [3.8, 4) is 0 Å². The highest BCUT2D eigenvalue weighted by Gasteiger charge is 2.27. The molecule has 2 aromatic rings. The fourth-order valence-corrected chi connectivity index (χ4v) is 2.29. The van der Waals surface area contributed by atoms with E-state index in [1.54, 1.807) is 0 Å². The summed E-state index contributed by atoms with van der Waals surface area (Å²) < 4.78 is 0. The second-order valence-corrected chi connectivity index (χ2v) is 4.89. The zero-order chi connectivity index (χ0) is 13.6. The average molecular weight is 256 g/mol. The average Bonchev–Trinajstić information content (AvgIpc) is 2.49. The number of aliphatic hydroxyl groups is 2. The molecule has 0 bridgehead atoms. The van der Waals surface area contributed by atoms with Crippen molar-refractivity contribution in [2.24, 2.45) is 0 Å². The summed E-state index contributed by atoms with van der Waals surface area (Å²) in [6.45, 7) is -0.244. The van der Waals surface area contributed by atoms with Crippen molar-refractivity contribution in [1.82, 2.24) is 0 Å². The van der Waals surface area contributed by atoms with E-state index in [4.69, 9.17) is 0 Å². The summed E-state index contributed by atoms with van der Waals surface area (Å²) in [4.78, 5) is 0. The zero-order valence-corrected chi connectivity index (χ0v) is 11.0. The summed E-state index contributed by atoms with van der Waals surface area (Å²) in [7, 11) is 0. The molecule has 0 saturated heterocycles. The summed E-state index contributed by atoms with van der Waals surface area (Å²) >= 11 is 0. The van der Waals surface area contributed by atoms with Crippen LogP contribution in [0, 0.1) is 0 Å². The van der Waals surface area contributed by atoms with Gasteiger partial charge < -0.3 is 10.2 Å². The molecule has 0 saturated carbocycles. The molecule has 0 amide bonds. The van der Waals surface area contributed by atoms with E-state index < -0.39 is 5.60 Å². The van der Waals surface area contributed by atoms with Crippen molar-refractivity contribution >= 4 is 0 Å². The zero-order valence-electron chi connectivity index (χ0n) is 11.0. The first kappa shape index (κ1) is 13.8. The highest BCUT2D eigenvalue weighted by molar-refractivity contribution is 5.22. The third-order valence-electron chi connectivity index (χ3n) is 3.47. The lowest BCUT2D eigenvalue weighted by Gasteiger charge is -2.26. The summed E-state index contributed by atoms with van der Waals surface area (Å²) in [5.41, 5.74) is 0.914. The van der Waals surface area contributed by atoms with Gasteiger partial charge in [0.05, 0.1) is 6.61 Å². The Morgan fingerprint density at radius 3 is 2.00 bits per heavy atom. The number of benzene rings is 2. The Bertz CT molecular complexity index is 481. The van der Waals surface area contributed by atoms with Crippen molar-refractivity contribution in [1.29, 1.82) is 0 Å². The van der Waals surface area contributed by atoms with E-state index in [-0.39, 0.29) is 6.61 Å². The molecule has 2 rings (SSSR count). The number of aliphatic hydroxyl groups excluding tert-OH is 1. The van der Waals surface area contributed by atoms with Crippen LogP contribution in [0.5, 0.6) is 0 Å². The normalized spacial score (nSPS) is 14.0. The number of aryl methyl sites for hydroxylation is 1. The minimum atomic E-state index is -1.13. The molecule has 19 heavy (non-hydrogen) atoms. The number of hydrogen-bond donors (Lipinski definition) is 2. The topological polar surface area (TPSA) is 40.5 Å². The number of rotatable bonds is 6. The smallest absolute Gasteiger partial charge is 0.113 e. The van der Waals surface area contributed by atoms with Crippen molar-refractivity contribution < 1.29 is 10.2 Å². The fourth-order valence-electron chi connectivity index (χ4n) is 2.29. The van der Waals surface area contributed by atoms with Crippen molar-refractivity contribution in [3.05, 3.63) is 71.8 Å². The van der Waals surface area contributed by atoms with E-state index in [2.05, 4.69) is 12.1 Å². The highest BCUT2D eigenvalue weighted by Crippen LogP contribution is 2.26. The van der Waals surface area contributed by atoms with E-state index in [1.165, 1.54) is 5.56 Å². The first-order valence-corrected chi connectivity index (χ1v) is 6.67.